The summed E-state index contributed by atoms with van der Waals surface area (Å²) < 4.78 is 7.43. The summed E-state index contributed by atoms with van der Waals surface area (Å²) >= 11 is 0. The van der Waals surface area contributed by atoms with Crippen LogP contribution in [0.1, 0.15) is 19.8 Å². The fraction of sp³-hybridized carbons (Fsp3) is 0.357. The third-order valence-corrected chi connectivity index (χ3v) is 2.80. The van der Waals surface area contributed by atoms with Crippen LogP contribution in [0, 0.1) is 0 Å². The lowest BCUT2D eigenvalue weighted by Gasteiger charge is -2.08. The van der Waals surface area contributed by atoms with Crippen molar-refractivity contribution in [1.82, 2.24) is 9.55 Å². The third-order valence-electron chi connectivity index (χ3n) is 2.80. The standard InChI is InChI=1S/C14H18N2O/c1-3-4-9-16-10-8-15-14(16)12-6-5-7-13(11-12)17-2/h5-8,10-11H,3-4,9H2,1-2H3. The Kier molecular flexibility index (Phi) is 3.81. The zero-order valence-corrected chi connectivity index (χ0v) is 10.4. The van der Waals surface area contributed by atoms with Gasteiger partial charge >= 0.3 is 0 Å². The maximum absolute atomic E-state index is 5.24. The summed E-state index contributed by atoms with van der Waals surface area (Å²) in [6.07, 6.45) is 6.25. The van der Waals surface area contributed by atoms with E-state index in [0.717, 1.165) is 23.7 Å². The number of rotatable bonds is 5. The number of aromatic nitrogens is 2. The molecule has 0 saturated heterocycles. The van der Waals surface area contributed by atoms with Gasteiger partial charge in [0.05, 0.1) is 7.11 Å². The molecule has 1 aromatic heterocycles. The van der Waals surface area contributed by atoms with Gasteiger partial charge in [0, 0.05) is 24.5 Å². The van der Waals surface area contributed by atoms with Gasteiger partial charge in [-0.25, -0.2) is 4.98 Å². The van der Waals surface area contributed by atoms with E-state index in [1.54, 1.807) is 7.11 Å². The first-order valence-corrected chi connectivity index (χ1v) is 6.00. The van der Waals surface area contributed by atoms with E-state index in [0.29, 0.717) is 0 Å². The highest BCUT2D eigenvalue weighted by molar-refractivity contribution is 5.58. The van der Waals surface area contributed by atoms with Crippen molar-refractivity contribution in [2.24, 2.45) is 0 Å². The molecule has 17 heavy (non-hydrogen) atoms. The molecule has 1 heterocycles. The van der Waals surface area contributed by atoms with Crippen LogP contribution in [-0.2, 0) is 6.54 Å². The number of nitrogens with zero attached hydrogens (tertiary/aromatic N) is 2. The van der Waals surface area contributed by atoms with Crippen molar-refractivity contribution in [1.29, 1.82) is 0 Å². The van der Waals surface area contributed by atoms with Crippen molar-refractivity contribution < 1.29 is 4.74 Å². The Bertz CT molecular complexity index is 477. The zero-order valence-electron chi connectivity index (χ0n) is 10.4. The predicted octanol–water partition coefficient (Wildman–Crippen LogP) is 3.36. The van der Waals surface area contributed by atoms with Crippen molar-refractivity contribution in [3.05, 3.63) is 36.7 Å². The van der Waals surface area contributed by atoms with Crippen molar-refractivity contribution in [2.45, 2.75) is 26.3 Å². The number of hydrogen-bond donors (Lipinski definition) is 0. The van der Waals surface area contributed by atoms with Crippen LogP contribution in [0.25, 0.3) is 11.4 Å². The molecule has 0 fully saturated rings. The van der Waals surface area contributed by atoms with E-state index in [9.17, 15) is 0 Å². The summed E-state index contributed by atoms with van der Waals surface area (Å²) in [6.45, 7) is 3.21. The monoisotopic (exact) mass is 230 g/mol. The van der Waals surface area contributed by atoms with Gasteiger partial charge in [0.1, 0.15) is 11.6 Å². The molecule has 0 spiro atoms. The number of imidazole rings is 1. The highest BCUT2D eigenvalue weighted by Gasteiger charge is 2.06. The molecule has 90 valence electrons. The van der Waals surface area contributed by atoms with Gasteiger partial charge in [0.25, 0.3) is 0 Å². The van der Waals surface area contributed by atoms with Gasteiger partial charge in [0.15, 0.2) is 0 Å². The topological polar surface area (TPSA) is 27.1 Å². The van der Waals surface area contributed by atoms with Gasteiger partial charge in [-0.2, -0.15) is 0 Å². The van der Waals surface area contributed by atoms with E-state index >= 15 is 0 Å². The first kappa shape index (κ1) is 11.7. The molecule has 0 N–H and O–H groups in total. The van der Waals surface area contributed by atoms with Gasteiger partial charge in [-0.1, -0.05) is 25.5 Å². The van der Waals surface area contributed by atoms with Crippen LogP contribution in [0.4, 0.5) is 0 Å². The SMILES string of the molecule is CCCCn1ccnc1-c1cccc(OC)c1. The minimum absolute atomic E-state index is 0.868. The Hall–Kier alpha value is -1.77. The maximum Gasteiger partial charge on any atom is 0.140 e. The quantitative estimate of drug-likeness (QED) is 0.787. The summed E-state index contributed by atoms with van der Waals surface area (Å²) in [5.41, 5.74) is 1.10. The second-order valence-corrected chi connectivity index (χ2v) is 4.03. The van der Waals surface area contributed by atoms with E-state index in [2.05, 4.69) is 22.5 Å². The second-order valence-electron chi connectivity index (χ2n) is 4.03. The van der Waals surface area contributed by atoms with Gasteiger partial charge in [-0.05, 0) is 18.6 Å². The van der Waals surface area contributed by atoms with E-state index in [-0.39, 0.29) is 0 Å². The highest BCUT2D eigenvalue weighted by Crippen LogP contribution is 2.22. The Morgan fingerprint density at radius 2 is 2.24 bits per heavy atom. The highest BCUT2D eigenvalue weighted by atomic mass is 16.5. The van der Waals surface area contributed by atoms with Gasteiger partial charge in [0.2, 0.25) is 0 Å². The fourth-order valence-electron chi connectivity index (χ4n) is 1.84. The fourth-order valence-corrected chi connectivity index (χ4v) is 1.84. The van der Waals surface area contributed by atoms with E-state index in [1.165, 1.54) is 12.8 Å². The molecule has 0 atom stereocenters. The van der Waals surface area contributed by atoms with Crippen LogP contribution in [0.15, 0.2) is 36.7 Å². The normalized spacial score (nSPS) is 10.5. The molecule has 2 rings (SSSR count). The Balaban J connectivity index is 2.28. The predicted molar refractivity (Wildman–Crippen MR) is 69.1 cm³/mol. The third kappa shape index (κ3) is 2.67. The number of hydrogen-bond acceptors (Lipinski definition) is 2. The molecule has 0 radical (unpaired) electrons. The van der Waals surface area contributed by atoms with Crippen LogP contribution in [-0.4, -0.2) is 16.7 Å². The molecule has 0 aliphatic carbocycles. The molecule has 2 aromatic rings. The van der Waals surface area contributed by atoms with E-state index < -0.39 is 0 Å². The van der Waals surface area contributed by atoms with Crippen molar-refractivity contribution in [3.8, 4) is 17.1 Å². The average Bonchev–Trinajstić information content (AvgIpc) is 2.84. The number of unbranched alkanes of at least 4 members (excludes halogenated alkanes) is 1. The minimum Gasteiger partial charge on any atom is -0.497 e. The molecular formula is C14H18N2O. The van der Waals surface area contributed by atoms with Crippen LogP contribution in [0.3, 0.4) is 0 Å². The summed E-state index contributed by atoms with van der Waals surface area (Å²) in [4.78, 5) is 4.42. The van der Waals surface area contributed by atoms with Gasteiger partial charge in [-0.3, -0.25) is 0 Å². The summed E-state index contributed by atoms with van der Waals surface area (Å²) in [7, 11) is 1.68. The molecule has 3 heteroatoms. The number of benzene rings is 1. The second kappa shape index (κ2) is 5.53. The summed E-state index contributed by atoms with van der Waals surface area (Å²) in [5.74, 6) is 1.88. The lowest BCUT2D eigenvalue weighted by Crippen LogP contribution is -1.99. The molecule has 0 unspecified atom stereocenters. The molecule has 3 nitrogen and oxygen atoms in total. The van der Waals surface area contributed by atoms with Crippen LogP contribution >= 0.6 is 0 Å². The Morgan fingerprint density at radius 1 is 1.35 bits per heavy atom. The van der Waals surface area contributed by atoms with Crippen molar-refractivity contribution in [2.75, 3.05) is 7.11 Å². The van der Waals surface area contributed by atoms with Crippen LogP contribution in [0.2, 0.25) is 0 Å². The van der Waals surface area contributed by atoms with Crippen LogP contribution < -0.4 is 4.74 Å². The van der Waals surface area contributed by atoms with Gasteiger partial charge in [-0.15, -0.1) is 0 Å². The lowest BCUT2D eigenvalue weighted by atomic mass is 10.2. The number of methoxy groups -OCH3 is 1. The Labute approximate surface area is 102 Å². The molecule has 0 saturated carbocycles. The average molecular weight is 230 g/mol. The first-order valence-electron chi connectivity index (χ1n) is 6.00. The van der Waals surface area contributed by atoms with Gasteiger partial charge < -0.3 is 9.30 Å². The van der Waals surface area contributed by atoms with E-state index in [1.807, 2.05) is 30.6 Å². The van der Waals surface area contributed by atoms with Crippen LogP contribution in [0.5, 0.6) is 5.75 Å². The molecule has 0 aliphatic rings. The lowest BCUT2D eigenvalue weighted by molar-refractivity contribution is 0.415. The van der Waals surface area contributed by atoms with Crippen molar-refractivity contribution in [3.63, 3.8) is 0 Å². The Morgan fingerprint density at radius 3 is 3.00 bits per heavy atom. The smallest absolute Gasteiger partial charge is 0.140 e. The van der Waals surface area contributed by atoms with E-state index in [4.69, 9.17) is 4.74 Å². The molecular weight excluding hydrogens is 212 g/mol. The molecule has 0 aliphatic heterocycles. The summed E-state index contributed by atoms with van der Waals surface area (Å²) in [5, 5.41) is 0. The molecule has 1 aromatic carbocycles. The first-order chi connectivity index (χ1) is 8.35. The summed E-state index contributed by atoms with van der Waals surface area (Å²) in [6, 6.07) is 8.02. The number of aryl methyl sites for hydroxylation is 1. The zero-order chi connectivity index (χ0) is 12.1. The minimum atomic E-state index is 0.868. The largest absolute Gasteiger partial charge is 0.497 e. The van der Waals surface area contributed by atoms with Crippen molar-refractivity contribution >= 4 is 0 Å². The molecule has 0 bridgehead atoms. The molecule has 0 amide bonds. The number of ether oxygens (including phenoxy) is 1. The maximum atomic E-state index is 5.24.